The SMILES string of the molecule is O=c1ccc(OCCCN2CCC(c3noc4cc(F)ccc34)CC2)nn1-c1ccc(F)c(F)c1. The Morgan fingerprint density at radius 1 is 1.00 bits per heavy atom. The number of nitrogens with zero attached hydrogens (tertiary/aromatic N) is 4. The van der Waals surface area contributed by atoms with E-state index >= 15 is 0 Å². The minimum atomic E-state index is -1.06. The Kier molecular flexibility index (Phi) is 6.54. The van der Waals surface area contributed by atoms with E-state index in [1.165, 1.54) is 30.3 Å². The van der Waals surface area contributed by atoms with Gasteiger partial charge in [0.05, 0.1) is 18.0 Å². The largest absolute Gasteiger partial charge is 0.477 e. The summed E-state index contributed by atoms with van der Waals surface area (Å²) < 4.78 is 52.1. The third kappa shape index (κ3) is 5.07. The molecule has 4 aromatic rings. The lowest BCUT2D eigenvalue weighted by Gasteiger charge is -2.31. The third-order valence-electron chi connectivity index (χ3n) is 6.23. The van der Waals surface area contributed by atoms with Gasteiger partial charge in [-0.15, -0.1) is 5.10 Å². The first-order valence-electron chi connectivity index (χ1n) is 11.4. The molecule has 10 heteroatoms. The van der Waals surface area contributed by atoms with Crippen molar-refractivity contribution in [2.45, 2.75) is 25.2 Å². The number of likely N-dealkylation sites (tertiary alicyclic amines) is 1. The number of aromatic nitrogens is 3. The van der Waals surface area contributed by atoms with E-state index in [1.54, 1.807) is 6.07 Å². The normalized spacial score (nSPS) is 15.1. The van der Waals surface area contributed by atoms with Gasteiger partial charge in [0, 0.05) is 42.1 Å². The van der Waals surface area contributed by atoms with Gasteiger partial charge in [-0.05, 0) is 56.6 Å². The van der Waals surface area contributed by atoms with Crippen molar-refractivity contribution in [2.24, 2.45) is 0 Å². The van der Waals surface area contributed by atoms with E-state index in [0.717, 1.165) is 66.8 Å². The van der Waals surface area contributed by atoms with Crippen molar-refractivity contribution in [3.05, 3.63) is 82.0 Å². The molecule has 0 unspecified atom stereocenters. The van der Waals surface area contributed by atoms with E-state index < -0.39 is 17.2 Å². The molecule has 0 amide bonds. The van der Waals surface area contributed by atoms with Crippen molar-refractivity contribution in [1.29, 1.82) is 0 Å². The van der Waals surface area contributed by atoms with Gasteiger partial charge >= 0.3 is 0 Å². The number of fused-ring (bicyclic) bond motifs is 1. The molecule has 2 aromatic carbocycles. The zero-order valence-corrected chi connectivity index (χ0v) is 18.8. The van der Waals surface area contributed by atoms with Crippen LogP contribution in [0.3, 0.4) is 0 Å². The monoisotopic (exact) mass is 484 g/mol. The van der Waals surface area contributed by atoms with Crippen molar-refractivity contribution in [2.75, 3.05) is 26.2 Å². The molecule has 1 fully saturated rings. The maximum atomic E-state index is 13.5. The van der Waals surface area contributed by atoms with Crippen molar-refractivity contribution >= 4 is 11.0 Å². The highest BCUT2D eigenvalue weighted by Crippen LogP contribution is 2.32. The summed E-state index contributed by atoms with van der Waals surface area (Å²) in [6, 6.07) is 10.4. The quantitative estimate of drug-likeness (QED) is 0.361. The molecule has 0 N–H and O–H groups in total. The molecule has 0 aliphatic carbocycles. The highest BCUT2D eigenvalue weighted by atomic mass is 19.2. The first-order valence-corrected chi connectivity index (χ1v) is 11.4. The van der Waals surface area contributed by atoms with Crippen LogP contribution in [0.25, 0.3) is 16.7 Å². The summed E-state index contributed by atoms with van der Waals surface area (Å²) in [5.41, 5.74) is 1.01. The van der Waals surface area contributed by atoms with Gasteiger partial charge in [0.15, 0.2) is 17.2 Å². The van der Waals surface area contributed by atoms with Crippen LogP contribution in [-0.2, 0) is 0 Å². The number of ether oxygens (including phenoxy) is 1. The van der Waals surface area contributed by atoms with E-state index in [0.29, 0.717) is 12.2 Å². The average molecular weight is 484 g/mol. The standard InChI is InChI=1S/C25H23F3N4O3/c26-17-2-4-19-22(14-17)35-30-25(19)16-8-11-31(12-9-16)10-1-13-34-23-6-7-24(33)32(29-23)18-3-5-20(27)21(28)15-18/h2-7,14-16H,1,8-13H2. The average Bonchev–Trinajstić information content (AvgIpc) is 3.28. The molecular formula is C25H23F3N4O3. The van der Waals surface area contributed by atoms with E-state index in [1.807, 2.05) is 0 Å². The number of rotatable bonds is 7. The maximum absolute atomic E-state index is 13.5. The van der Waals surface area contributed by atoms with E-state index in [-0.39, 0.29) is 23.3 Å². The third-order valence-corrected chi connectivity index (χ3v) is 6.23. The van der Waals surface area contributed by atoms with E-state index in [9.17, 15) is 18.0 Å². The van der Waals surface area contributed by atoms with Gasteiger partial charge < -0.3 is 14.2 Å². The fourth-order valence-corrected chi connectivity index (χ4v) is 4.39. The van der Waals surface area contributed by atoms with Gasteiger partial charge in [-0.25, -0.2) is 13.2 Å². The van der Waals surface area contributed by atoms with Crippen molar-refractivity contribution in [3.63, 3.8) is 0 Å². The minimum Gasteiger partial charge on any atom is -0.477 e. The smallest absolute Gasteiger partial charge is 0.271 e. The van der Waals surface area contributed by atoms with Crippen LogP contribution in [0, 0.1) is 17.5 Å². The summed E-state index contributed by atoms with van der Waals surface area (Å²) in [5, 5.41) is 9.16. The van der Waals surface area contributed by atoms with Gasteiger partial charge in [-0.1, -0.05) is 5.16 Å². The van der Waals surface area contributed by atoms with Crippen LogP contribution in [0.1, 0.15) is 30.9 Å². The molecule has 35 heavy (non-hydrogen) atoms. The van der Waals surface area contributed by atoms with Gasteiger partial charge in [0.25, 0.3) is 5.56 Å². The fourth-order valence-electron chi connectivity index (χ4n) is 4.39. The second-order valence-corrected chi connectivity index (χ2v) is 8.55. The first kappa shape index (κ1) is 23.1. The molecular weight excluding hydrogens is 461 g/mol. The van der Waals surface area contributed by atoms with E-state index in [2.05, 4.69) is 15.2 Å². The Morgan fingerprint density at radius 3 is 2.63 bits per heavy atom. The van der Waals surface area contributed by atoms with Crippen molar-refractivity contribution < 1.29 is 22.4 Å². The molecule has 5 rings (SSSR count). The summed E-state index contributed by atoms with van der Waals surface area (Å²) in [7, 11) is 0. The molecule has 0 atom stereocenters. The summed E-state index contributed by atoms with van der Waals surface area (Å²) in [6.45, 7) is 3.03. The van der Waals surface area contributed by atoms with Crippen LogP contribution in [0.2, 0.25) is 0 Å². The fraction of sp³-hybridized carbons (Fsp3) is 0.320. The van der Waals surface area contributed by atoms with Crippen LogP contribution < -0.4 is 10.3 Å². The van der Waals surface area contributed by atoms with Crippen LogP contribution in [0.4, 0.5) is 13.2 Å². The number of benzene rings is 2. The highest BCUT2D eigenvalue weighted by molar-refractivity contribution is 5.79. The lowest BCUT2D eigenvalue weighted by molar-refractivity contribution is 0.188. The van der Waals surface area contributed by atoms with Gasteiger partial charge in [0.2, 0.25) is 5.88 Å². The molecule has 0 bridgehead atoms. The molecule has 2 aromatic heterocycles. The molecule has 0 spiro atoms. The maximum Gasteiger partial charge on any atom is 0.271 e. The highest BCUT2D eigenvalue weighted by Gasteiger charge is 2.25. The predicted molar refractivity (Wildman–Crippen MR) is 122 cm³/mol. The van der Waals surface area contributed by atoms with Gasteiger partial charge in [-0.2, -0.15) is 4.68 Å². The Morgan fingerprint density at radius 2 is 1.83 bits per heavy atom. The molecule has 182 valence electrons. The molecule has 0 saturated carbocycles. The zero-order chi connectivity index (χ0) is 24.4. The Balaban J connectivity index is 1.11. The predicted octanol–water partition coefficient (Wildman–Crippen LogP) is 4.44. The number of halogens is 3. The van der Waals surface area contributed by atoms with Crippen LogP contribution in [0.5, 0.6) is 5.88 Å². The van der Waals surface area contributed by atoms with Crippen molar-refractivity contribution in [3.8, 4) is 11.6 Å². The first-order chi connectivity index (χ1) is 17.0. The topological polar surface area (TPSA) is 73.4 Å². The summed E-state index contributed by atoms with van der Waals surface area (Å²) in [5.74, 6) is -1.89. The lowest BCUT2D eigenvalue weighted by Crippen LogP contribution is -2.34. The molecule has 3 heterocycles. The second-order valence-electron chi connectivity index (χ2n) is 8.55. The molecule has 1 saturated heterocycles. The second kappa shape index (κ2) is 9.91. The number of piperidine rings is 1. The van der Waals surface area contributed by atoms with Crippen molar-refractivity contribution in [1.82, 2.24) is 19.8 Å². The van der Waals surface area contributed by atoms with Crippen LogP contribution >= 0.6 is 0 Å². The molecule has 7 nitrogen and oxygen atoms in total. The summed E-state index contributed by atoms with van der Waals surface area (Å²) in [6.07, 6.45) is 2.62. The summed E-state index contributed by atoms with van der Waals surface area (Å²) >= 11 is 0. The lowest BCUT2D eigenvalue weighted by atomic mass is 9.91. The zero-order valence-electron chi connectivity index (χ0n) is 18.8. The summed E-state index contributed by atoms with van der Waals surface area (Å²) in [4.78, 5) is 14.4. The number of hydrogen-bond donors (Lipinski definition) is 0. The number of hydrogen-bond acceptors (Lipinski definition) is 6. The van der Waals surface area contributed by atoms with Crippen LogP contribution in [0.15, 0.2) is 57.8 Å². The molecule has 0 radical (unpaired) electrons. The van der Waals surface area contributed by atoms with E-state index in [4.69, 9.17) is 9.26 Å². The minimum absolute atomic E-state index is 0.118. The van der Waals surface area contributed by atoms with Crippen LogP contribution in [-0.4, -0.2) is 46.1 Å². The Hall–Kier alpha value is -3.66. The molecule has 1 aliphatic heterocycles. The van der Waals surface area contributed by atoms with Gasteiger partial charge in [0.1, 0.15) is 5.82 Å². The van der Waals surface area contributed by atoms with Gasteiger partial charge in [-0.3, -0.25) is 4.79 Å². The Bertz CT molecular complexity index is 1400. The Labute approximate surface area is 198 Å². The molecule has 1 aliphatic rings.